The Bertz CT molecular complexity index is 2440. The third-order valence-electron chi connectivity index (χ3n) is 15.3. The van der Waals surface area contributed by atoms with Gasteiger partial charge in [0.2, 0.25) is 0 Å². The summed E-state index contributed by atoms with van der Waals surface area (Å²) in [6.07, 6.45) is 15.7. The first-order valence-corrected chi connectivity index (χ1v) is 25.8. The van der Waals surface area contributed by atoms with E-state index in [0.717, 1.165) is 51.4 Å². The molecule has 0 N–H and O–H groups in total. The predicted octanol–water partition coefficient (Wildman–Crippen LogP) is 9.42. The van der Waals surface area contributed by atoms with Crippen molar-refractivity contribution in [1.82, 2.24) is 14.7 Å². The molecule has 3 aliphatic carbocycles. The molecule has 0 saturated heterocycles. The van der Waals surface area contributed by atoms with Gasteiger partial charge in [-0.3, -0.25) is 57.9 Å². The molecule has 3 aromatic carbocycles. The molecule has 3 fully saturated rings. The van der Waals surface area contributed by atoms with Gasteiger partial charge in [-0.05, 0) is 112 Å². The third-order valence-corrected chi connectivity index (χ3v) is 15.8. The number of alkyl halides is 1. The summed E-state index contributed by atoms with van der Waals surface area (Å²) in [4.78, 5) is 114. The highest BCUT2D eigenvalue weighted by molar-refractivity contribution is 9.09. The van der Waals surface area contributed by atoms with Crippen LogP contribution in [0.2, 0.25) is 0 Å². The van der Waals surface area contributed by atoms with Crippen LogP contribution in [-0.4, -0.2) is 108 Å². The van der Waals surface area contributed by atoms with E-state index in [1.165, 1.54) is 36.0 Å². The van der Waals surface area contributed by atoms with Crippen LogP contribution in [0.4, 0.5) is 0 Å². The normalized spacial score (nSPS) is 24.2. The van der Waals surface area contributed by atoms with E-state index in [-0.39, 0.29) is 89.6 Å². The molecule has 3 heterocycles. The van der Waals surface area contributed by atoms with E-state index in [0.29, 0.717) is 65.0 Å². The molecule has 6 aliphatic rings. The molecule has 3 saturated carbocycles. The van der Waals surface area contributed by atoms with E-state index in [1.807, 2.05) is 6.08 Å². The number of rotatable bonds is 14. The first-order chi connectivity index (χ1) is 35.1. The molecule has 0 unspecified atom stereocenters. The number of amides is 6. The van der Waals surface area contributed by atoms with Crippen LogP contribution in [-0.2, 0) is 28.6 Å². The van der Waals surface area contributed by atoms with Crippen LogP contribution in [0.25, 0.3) is 0 Å². The Kier molecular flexibility index (Phi) is 18.8. The summed E-state index contributed by atoms with van der Waals surface area (Å²) < 4.78 is 14.8. The lowest BCUT2D eigenvalue weighted by molar-refractivity contribution is -0.156. The second kappa shape index (κ2) is 24.7. The molecule has 3 aliphatic heterocycles. The van der Waals surface area contributed by atoms with Crippen LogP contribution >= 0.6 is 15.9 Å². The van der Waals surface area contributed by atoms with Crippen molar-refractivity contribution in [2.24, 2.45) is 34.5 Å². The monoisotopic (exact) mass is 1060 g/mol. The van der Waals surface area contributed by atoms with Crippen LogP contribution in [0.1, 0.15) is 139 Å². The predicted molar refractivity (Wildman–Crippen MR) is 275 cm³/mol. The van der Waals surface area contributed by atoms with Gasteiger partial charge in [-0.25, -0.2) is 0 Å². The third kappa shape index (κ3) is 11.1. The van der Waals surface area contributed by atoms with Crippen molar-refractivity contribution >= 4 is 69.3 Å². The van der Waals surface area contributed by atoms with Gasteiger partial charge in [-0.1, -0.05) is 89.8 Å². The smallest absolute Gasteiger partial charge is 0.313 e. The summed E-state index contributed by atoms with van der Waals surface area (Å²) in [7, 11) is 4.18. The Hall–Kier alpha value is -6.81. The Labute approximate surface area is 435 Å². The zero-order valence-corrected chi connectivity index (χ0v) is 43.4. The number of allylic oxidation sites excluding steroid dienone is 3. The van der Waals surface area contributed by atoms with E-state index in [2.05, 4.69) is 35.7 Å². The number of imide groups is 3. The fourth-order valence-electron chi connectivity index (χ4n) is 11.5. The van der Waals surface area contributed by atoms with Gasteiger partial charge in [-0.2, -0.15) is 0 Å². The number of fused-ring (bicyclic) bond motifs is 3. The van der Waals surface area contributed by atoms with Crippen molar-refractivity contribution in [3.8, 4) is 0 Å². The fourth-order valence-corrected chi connectivity index (χ4v) is 12.0. The topological polar surface area (TPSA) is 191 Å². The second-order valence-corrected chi connectivity index (χ2v) is 19.6. The number of nitrogens with zero attached hydrogens (tertiary/aromatic N) is 3. The SMILES string of the molecule is C=CC[C@@H]1CCC[C@@]1(CN1C(=O)c2ccccc2C1=O)C(=O)OC.C=CC[C@@H]1CCC[C@H]1C(=O)OC.C=CC[C@@H]1CCC[C@]1(CN1C(=O)c2ccccc2C1=O)C(=O)OC.O=C1c2ccccc2C(=O)N1CBr. The van der Waals surface area contributed by atoms with E-state index in [9.17, 15) is 43.2 Å². The number of hydrogen-bond donors (Lipinski definition) is 0. The van der Waals surface area contributed by atoms with Gasteiger partial charge in [0.05, 0.1) is 76.9 Å². The Morgan fingerprint density at radius 1 is 0.521 bits per heavy atom. The van der Waals surface area contributed by atoms with E-state index >= 15 is 0 Å². The number of methoxy groups -OCH3 is 3. The van der Waals surface area contributed by atoms with Gasteiger partial charge in [0.25, 0.3) is 35.4 Å². The van der Waals surface area contributed by atoms with E-state index in [1.54, 1.807) is 84.9 Å². The highest BCUT2D eigenvalue weighted by Gasteiger charge is 2.54. The highest BCUT2D eigenvalue weighted by Crippen LogP contribution is 2.49. The lowest BCUT2D eigenvalue weighted by Gasteiger charge is -2.35. The molecule has 3 aromatic rings. The number of esters is 3. The number of ether oxygens (including phenoxy) is 3. The van der Waals surface area contributed by atoms with E-state index < -0.39 is 10.8 Å². The Morgan fingerprint density at radius 2 is 0.863 bits per heavy atom. The summed E-state index contributed by atoms with van der Waals surface area (Å²) in [6.45, 7) is 11.4. The number of hydrogen-bond acceptors (Lipinski definition) is 12. The molecular formula is C57H64BrN3O12. The van der Waals surface area contributed by atoms with Gasteiger partial charge in [0, 0.05) is 13.1 Å². The molecule has 6 atom stereocenters. The van der Waals surface area contributed by atoms with Crippen molar-refractivity contribution in [3.05, 3.63) is 144 Å². The van der Waals surface area contributed by atoms with Crippen LogP contribution in [0.5, 0.6) is 0 Å². The molecule has 0 aromatic heterocycles. The zero-order valence-electron chi connectivity index (χ0n) is 41.8. The second-order valence-electron chi connectivity index (χ2n) is 19.1. The first kappa shape index (κ1) is 55.5. The highest BCUT2D eigenvalue weighted by atomic mass is 79.9. The van der Waals surface area contributed by atoms with Crippen LogP contribution in [0.3, 0.4) is 0 Å². The average molecular weight is 1060 g/mol. The quantitative estimate of drug-likeness (QED) is 0.0372. The summed E-state index contributed by atoms with van der Waals surface area (Å²) in [5.74, 6) is -1.82. The Balaban J connectivity index is 0.000000166. The first-order valence-electron chi connectivity index (χ1n) is 24.6. The van der Waals surface area contributed by atoms with Crippen molar-refractivity contribution in [2.75, 3.05) is 39.9 Å². The summed E-state index contributed by atoms with van der Waals surface area (Å²) in [5, 5.41) is 0. The molecule has 0 spiro atoms. The van der Waals surface area contributed by atoms with Crippen molar-refractivity contribution < 1.29 is 57.4 Å². The van der Waals surface area contributed by atoms with Crippen molar-refractivity contribution in [1.29, 1.82) is 0 Å². The lowest BCUT2D eigenvalue weighted by Crippen LogP contribution is -2.48. The summed E-state index contributed by atoms with van der Waals surface area (Å²) in [6, 6.07) is 20.4. The standard InChI is InChI=1S/2C19H21NO4.C10H16O2.C9H6BrNO2/c2*1-3-7-13-8-6-11-19(13,18(23)24-2)12-20-16(21)14-9-4-5-10-15(14)17(20)22;1-3-5-8-6-4-7-9(8)10(11)12-2;10-5-11-8(12)6-3-1-2-4-7(6)9(11)13/h2*3-5,9-10,13H,1,6-8,11-12H2,2H3;3,8-9H,1,4-7H2,2H3;1-4H,5H2/t13-,19+;13-,19-;8-,9-;/m111./s1. The Morgan fingerprint density at radius 3 is 1.16 bits per heavy atom. The number of carbonyl (C=O) groups is 9. The van der Waals surface area contributed by atoms with Gasteiger partial charge < -0.3 is 14.2 Å². The molecule has 386 valence electrons. The maximum absolute atomic E-state index is 12.6. The molecule has 16 heteroatoms. The number of benzene rings is 3. The van der Waals surface area contributed by atoms with E-state index in [4.69, 9.17) is 14.2 Å². The summed E-state index contributed by atoms with van der Waals surface area (Å²) in [5.41, 5.74) is 1.17. The minimum Gasteiger partial charge on any atom is -0.469 e. The zero-order chi connectivity index (χ0) is 53.0. The molecular weight excluding hydrogens is 999 g/mol. The fraction of sp³-hybridized carbons (Fsp3) is 0.421. The molecule has 73 heavy (non-hydrogen) atoms. The van der Waals surface area contributed by atoms with Gasteiger partial charge in [0.1, 0.15) is 0 Å². The van der Waals surface area contributed by atoms with Gasteiger partial charge in [-0.15, -0.1) is 19.7 Å². The molecule has 0 radical (unpaired) electrons. The minimum absolute atomic E-state index is 0.0340. The van der Waals surface area contributed by atoms with Crippen molar-refractivity contribution in [2.45, 2.75) is 77.0 Å². The molecule has 6 amide bonds. The van der Waals surface area contributed by atoms with Crippen LogP contribution in [0.15, 0.2) is 111 Å². The number of halogens is 1. The maximum atomic E-state index is 12.6. The minimum atomic E-state index is -0.837. The van der Waals surface area contributed by atoms with Gasteiger partial charge in [0.15, 0.2) is 0 Å². The van der Waals surface area contributed by atoms with Gasteiger partial charge >= 0.3 is 17.9 Å². The molecule has 15 nitrogen and oxygen atoms in total. The lowest BCUT2D eigenvalue weighted by atomic mass is 9.75. The largest absolute Gasteiger partial charge is 0.469 e. The van der Waals surface area contributed by atoms with Crippen LogP contribution < -0.4 is 0 Å². The van der Waals surface area contributed by atoms with Crippen LogP contribution in [0, 0.1) is 34.5 Å². The molecule has 9 rings (SSSR count). The number of carbonyl (C=O) groups excluding carboxylic acids is 9. The molecule has 0 bridgehead atoms. The summed E-state index contributed by atoms with van der Waals surface area (Å²) >= 11 is 3.10. The van der Waals surface area contributed by atoms with Crippen molar-refractivity contribution in [3.63, 3.8) is 0 Å². The average Bonchev–Trinajstić information content (AvgIpc) is 4.27. The maximum Gasteiger partial charge on any atom is 0.313 e.